The van der Waals surface area contributed by atoms with Crippen LogP contribution in [0.15, 0.2) is 24.3 Å². The van der Waals surface area contributed by atoms with Gasteiger partial charge in [-0.2, -0.15) is 0 Å². The van der Waals surface area contributed by atoms with Crippen LogP contribution >= 0.6 is 0 Å². The average molecular weight is 226 g/mol. The molecule has 1 rings (SSSR count). The van der Waals surface area contributed by atoms with Crippen molar-refractivity contribution in [2.75, 3.05) is 0 Å². The quantitative estimate of drug-likeness (QED) is 0.470. The first-order chi connectivity index (χ1) is 7.43. The molecule has 0 aliphatic heterocycles. The third-order valence-corrected chi connectivity index (χ3v) is 2.01. The number of nitrogens with zero attached hydrogens (tertiary/aromatic N) is 1. The number of nitro groups is 1. The molecule has 1 aromatic carbocycles. The zero-order valence-electron chi connectivity index (χ0n) is 8.11. The molecule has 0 aliphatic carbocycles. The lowest BCUT2D eigenvalue weighted by Crippen LogP contribution is -2.33. The lowest BCUT2D eigenvalue weighted by molar-refractivity contribution is -0.385. The van der Waals surface area contributed by atoms with Gasteiger partial charge in [-0.05, 0) is 5.56 Å². The minimum absolute atomic E-state index is 0.0560. The molecule has 0 heterocycles. The Bertz CT molecular complexity index is 420. The molecule has 86 valence electrons. The third-order valence-electron chi connectivity index (χ3n) is 2.01. The molecular weight excluding hydrogens is 216 g/mol. The molecule has 2 atom stereocenters. The van der Waals surface area contributed by atoms with Gasteiger partial charge >= 0.3 is 0 Å². The Hall–Kier alpha value is -1.99. The maximum atomic E-state index is 10.6. The van der Waals surface area contributed by atoms with Crippen LogP contribution in [0.2, 0.25) is 0 Å². The summed E-state index contributed by atoms with van der Waals surface area (Å²) in [4.78, 5) is 20.4. The molecule has 0 aliphatic rings. The second-order valence-electron chi connectivity index (χ2n) is 3.14. The molecule has 1 aromatic rings. The smallest absolute Gasteiger partial charge is 0.269 e. The maximum Gasteiger partial charge on any atom is 0.269 e. The number of hydrogen-bond acceptors (Lipinski definition) is 5. The number of hydrogen-bond donors (Lipinski definition) is 3. The molecule has 16 heavy (non-hydrogen) atoms. The van der Waals surface area contributed by atoms with E-state index in [1.165, 1.54) is 18.2 Å². The van der Waals surface area contributed by atoms with Crippen LogP contribution in [0.3, 0.4) is 0 Å². The highest BCUT2D eigenvalue weighted by Crippen LogP contribution is 2.21. The number of rotatable bonds is 4. The molecule has 0 aromatic heterocycles. The average Bonchev–Trinajstić information content (AvgIpc) is 2.27. The fourth-order valence-electron chi connectivity index (χ4n) is 1.16. The molecule has 0 fully saturated rings. The van der Waals surface area contributed by atoms with E-state index in [2.05, 4.69) is 0 Å². The van der Waals surface area contributed by atoms with E-state index in [1.54, 1.807) is 0 Å². The lowest BCUT2D eigenvalue weighted by Gasteiger charge is -2.14. The zero-order valence-corrected chi connectivity index (χ0v) is 8.11. The van der Waals surface area contributed by atoms with Crippen LogP contribution < -0.4 is 5.73 Å². The number of carbonyl (C=O) groups excluding carboxylic acids is 1. The number of amides is 1. The van der Waals surface area contributed by atoms with E-state index in [0.29, 0.717) is 0 Å². The molecule has 0 bridgehead atoms. The van der Waals surface area contributed by atoms with E-state index < -0.39 is 23.0 Å². The number of carbonyl (C=O) groups is 1. The molecular formula is C9H10N2O5. The van der Waals surface area contributed by atoms with E-state index in [4.69, 9.17) is 5.73 Å². The lowest BCUT2D eigenvalue weighted by atomic mass is 10.0. The van der Waals surface area contributed by atoms with Crippen molar-refractivity contribution in [3.63, 3.8) is 0 Å². The first kappa shape index (κ1) is 12.1. The fourth-order valence-corrected chi connectivity index (χ4v) is 1.16. The summed E-state index contributed by atoms with van der Waals surface area (Å²) >= 11 is 0. The number of aliphatic hydroxyl groups is 2. The van der Waals surface area contributed by atoms with Gasteiger partial charge in [0.1, 0.15) is 6.10 Å². The third kappa shape index (κ3) is 2.53. The summed E-state index contributed by atoms with van der Waals surface area (Å²) in [5, 5.41) is 29.1. The highest BCUT2D eigenvalue weighted by Gasteiger charge is 2.24. The highest BCUT2D eigenvalue weighted by atomic mass is 16.6. The van der Waals surface area contributed by atoms with Gasteiger partial charge in [0, 0.05) is 12.1 Å². The Balaban J connectivity index is 3.00. The van der Waals surface area contributed by atoms with Gasteiger partial charge in [0.15, 0.2) is 6.10 Å². The number of nitro benzene ring substituents is 1. The van der Waals surface area contributed by atoms with Crippen LogP contribution in [0.5, 0.6) is 0 Å². The van der Waals surface area contributed by atoms with Crippen LogP contribution in [-0.4, -0.2) is 27.1 Å². The molecule has 0 saturated carbocycles. The summed E-state index contributed by atoms with van der Waals surface area (Å²) in [6, 6.07) is 4.98. The van der Waals surface area contributed by atoms with Crippen molar-refractivity contribution in [1.82, 2.24) is 0 Å². The molecule has 0 radical (unpaired) electrons. The first-order valence-corrected chi connectivity index (χ1v) is 4.33. The van der Waals surface area contributed by atoms with Crippen molar-refractivity contribution in [3.05, 3.63) is 39.9 Å². The van der Waals surface area contributed by atoms with Crippen LogP contribution in [0.25, 0.3) is 0 Å². The van der Waals surface area contributed by atoms with E-state index in [0.717, 1.165) is 6.07 Å². The second kappa shape index (κ2) is 4.69. The minimum atomic E-state index is -1.79. The number of nitrogens with two attached hydrogens (primary N) is 1. The van der Waals surface area contributed by atoms with Crippen LogP contribution in [0, 0.1) is 10.1 Å². The number of primary amides is 1. The Morgan fingerprint density at radius 2 is 2.06 bits per heavy atom. The summed E-state index contributed by atoms with van der Waals surface area (Å²) in [6.07, 6.45) is -3.36. The summed E-state index contributed by atoms with van der Waals surface area (Å²) in [6.45, 7) is 0. The highest BCUT2D eigenvalue weighted by molar-refractivity contribution is 5.79. The van der Waals surface area contributed by atoms with Gasteiger partial charge in [-0.25, -0.2) is 0 Å². The predicted octanol–water partition coefficient (Wildman–Crippen LogP) is -0.526. The van der Waals surface area contributed by atoms with Gasteiger partial charge in [0.25, 0.3) is 5.69 Å². The van der Waals surface area contributed by atoms with Gasteiger partial charge in [-0.1, -0.05) is 12.1 Å². The zero-order chi connectivity index (χ0) is 12.3. The number of non-ortho nitro benzene ring substituents is 1. The van der Waals surface area contributed by atoms with Crippen molar-refractivity contribution in [2.24, 2.45) is 5.73 Å². The van der Waals surface area contributed by atoms with Gasteiger partial charge < -0.3 is 15.9 Å². The van der Waals surface area contributed by atoms with Crippen LogP contribution in [-0.2, 0) is 4.79 Å². The number of aliphatic hydroxyl groups excluding tert-OH is 2. The van der Waals surface area contributed by atoms with E-state index in [-0.39, 0.29) is 11.3 Å². The van der Waals surface area contributed by atoms with Crippen molar-refractivity contribution in [1.29, 1.82) is 0 Å². The molecule has 4 N–H and O–H groups in total. The summed E-state index contributed by atoms with van der Waals surface area (Å²) in [7, 11) is 0. The normalized spacial score (nSPS) is 14.1. The molecule has 2 unspecified atom stereocenters. The Labute approximate surface area is 90.3 Å². The fraction of sp³-hybridized carbons (Fsp3) is 0.222. The van der Waals surface area contributed by atoms with Crippen LogP contribution in [0.1, 0.15) is 11.7 Å². The molecule has 7 heteroatoms. The van der Waals surface area contributed by atoms with Crippen molar-refractivity contribution < 1.29 is 19.9 Å². The Morgan fingerprint density at radius 3 is 2.56 bits per heavy atom. The largest absolute Gasteiger partial charge is 0.385 e. The Morgan fingerprint density at radius 1 is 1.44 bits per heavy atom. The van der Waals surface area contributed by atoms with Gasteiger partial charge in [-0.3, -0.25) is 14.9 Å². The standard InChI is InChI=1S/C9H10N2O5/c10-9(14)8(13)7(12)5-2-1-3-6(4-5)11(15)16/h1-4,7-8,12-13H,(H2,10,14). The van der Waals surface area contributed by atoms with E-state index in [1.807, 2.05) is 0 Å². The van der Waals surface area contributed by atoms with Gasteiger partial charge in [-0.15, -0.1) is 0 Å². The summed E-state index contributed by atoms with van der Waals surface area (Å²) in [5.74, 6) is -1.10. The topological polar surface area (TPSA) is 127 Å². The second-order valence-corrected chi connectivity index (χ2v) is 3.14. The van der Waals surface area contributed by atoms with Gasteiger partial charge in [0.05, 0.1) is 4.92 Å². The van der Waals surface area contributed by atoms with Gasteiger partial charge in [0.2, 0.25) is 5.91 Å². The Kier molecular flexibility index (Phi) is 3.54. The molecule has 0 saturated heterocycles. The van der Waals surface area contributed by atoms with Crippen molar-refractivity contribution in [2.45, 2.75) is 12.2 Å². The van der Waals surface area contributed by atoms with E-state index >= 15 is 0 Å². The van der Waals surface area contributed by atoms with Crippen LogP contribution in [0.4, 0.5) is 5.69 Å². The number of benzene rings is 1. The predicted molar refractivity (Wildman–Crippen MR) is 53.3 cm³/mol. The van der Waals surface area contributed by atoms with Crippen molar-refractivity contribution in [3.8, 4) is 0 Å². The monoisotopic (exact) mass is 226 g/mol. The molecule has 0 spiro atoms. The first-order valence-electron chi connectivity index (χ1n) is 4.33. The molecule has 1 amide bonds. The summed E-state index contributed by atoms with van der Waals surface area (Å²) < 4.78 is 0. The molecule has 7 nitrogen and oxygen atoms in total. The SMILES string of the molecule is NC(=O)C(O)C(O)c1cccc([N+](=O)[O-])c1. The van der Waals surface area contributed by atoms with Crippen molar-refractivity contribution >= 4 is 11.6 Å². The van der Waals surface area contributed by atoms with E-state index in [9.17, 15) is 25.1 Å². The minimum Gasteiger partial charge on any atom is -0.385 e. The maximum absolute atomic E-state index is 10.6. The summed E-state index contributed by atoms with van der Waals surface area (Å²) in [5.41, 5.74) is 4.60.